The third-order valence-corrected chi connectivity index (χ3v) is 3.65. The maximum absolute atomic E-state index is 13.6. The molecule has 2 aromatic rings. The predicted octanol–water partition coefficient (Wildman–Crippen LogP) is 1.25. The molecule has 2 rings (SSSR count). The molecule has 0 aliphatic carbocycles. The molecule has 21 heavy (non-hydrogen) atoms. The van der Waals surface area contributed by atoms with Gasteiger partial charge in [-0.2, -0.15) is 0 Å². The van der Waals surface area contributed by atoms with Gasteiger partial charge in [0, 0.05) is 12.4 Å². The van der Waals surface area contributed by atoms with Gasteiger partial charge in [0.15, 0.2) is 11.6 Å². The van der Waals surface area contributed by atoms with Crippen LogP contribution in [0.4, 0.5) is 14.7 Å². The molecule has 0 saturated carbocycles. The van der Waals surface area contributed by atoms with Crippen molar-refractivity contribution in [3.63, 3.8) is 0 Å². The van der Waals surface area contributed by atoms with E-state index in [4.69, 9.17) is 5.11 Å². The molecule has 0 amide bonds. The number of nitrogens with one attached hydrogen (secondary N) is 1. The Bertz CT molecular complexity index is 797. The van der Waals surface area contributed by atoms with Gasteiger partial charge in [0.25, 0.3) is 10.0 Å². The molecule has 2 N–H and O–H groups in total. The van der Waals surface area contributed by atoms with Gasteiger partial charge in [-0.3, -0.25) is 0 Å². The number of hydrogen-bond donors (Lipinski definition) is 2. The first-order valence-corrected chi connectivity index (χ1v) is 6.82. The molecule has 7 nitrogen and oxygen atoms in total. The van der Waals surface area contributed by atoms with E-state index in [1.54, 1.807) is 0 Å². The highest BCUT2D eigenvalue weighted by molar-refractivity contribution is 7.92. The average molecular weight is 315 g/mol. The van der Waals surface area contributed by atoms with E-state index >= 15 is 0 Å². The number of carbonyl (C=O) groups is 1. The molecular formula is C11H7F2N3O4S. The fourth-order valence-electron chi connectivity index (χ4n) is 1.41. The molecule has 1 heterocycles. The van der Waals surface area contributed by atoms with Crippen molar-refractivity contribution < 1.29 is 27.1 Å². The van der Waals surface area contributed by atoms with Gasteiger partial charge in [0.05, 0.1) is 5.56 Å². The zero-order valence-electron chi connectivity index (χ0n) is 10.1. The van der Waals surface area contributed by atoms with Gasteiger partial charge in [-0.05, 0) is 18.2 Å². The minimum Gasteiger partial charge on any atom is -0.478 e. The highest BCUT2D eigenvalue weighted by Gasteiger charge is 2.25. The number of hydrogen-bond acceptors (Lipinski definition) is 5. The summed E-state index contributed by atoms with van der Waals surface area (Å²) in [6.45, 7) is 0. The minimum absolute atomic E-state index is 0.363. The van der Waals surface area contributed by atoms with Crippen molar-refractivity contribution in [2.45, 2.75) is 4.90 Å². The van der Waals surface area contributed by atoms with E-state index in [1.165, 1.54) is 18.5 Å². The maximum atomic E-state index is 13.6. The molecule has 0 aliphatic rings. The van der Waals surface area contributed by atoms with E-state index in [0.717, 1.165) is 0 Å². The molecule has 0 fully saturated rings. The van der Waals surface area contributed by atoms with Gasteiger partial charge in [-0.15, -0.1) is 0 Å². The van der Waals surface area contributed by atoms with Crippen LogP contribution in [0.15, 0.2) is 35.5 Å². The van der Waals surface area contributed by atoms with E-state index in [-0.39, 0.29) is 5.95 Å². The van der Waals surface area contributed by atoms with Crippen molar-refractivity contribution in [2.24, 2.45) is 0 Å². The second kappa shape index (κ2) is 5.40. The molecule has 0 atom stereocenters. The van der Waals surface area contributed by atoms with Crippen LogP contribution in [0.3, 0.4) is 0 Å². The SMILES string of the molecule is O=C(O)c1cc(F)c(F)c(S(=O)(=O)Nc2ncccn2)c1. The number of benzene rings is 1. The summed E-state index contributed by atoms with van der Waals surface area (Å²) in [4.78, 5) is 16.8. The van der Waals surface area contributed by atoms with Crippen molar-refractivity contribution >= 4 is 21.9 Å². The van der Waals surface area contributed by atoms with Crippen LogP contribution in [0.5, 0.6) is 0 Å². The zero-order valence-corrected chi connectivity index (χ0v) is 10.9. The smallest absolute Gasteiger partial charge is 0.335 e. The molecule has 1 aromatic carbocycles. The van der Waals surface area contributed by atoms with E-state index in [9.17, 15) is 22.0 Å². The molecule has 110 valence electrons. The number of carboxylic acid groups (broad SMARTS) is 1. The zero-order chi connectivity index (χ0) is 15.6. The summed E-state index contributed by atoms with van der Waals surface area (Å²) >= 11 is 0. The summed E-state index contributed by atoms with van der Waals surface area (Å²) in [5.74, 6) is -5.24. The molecule has 0 radical (unpaired) electrons. The average Bonchev–Trinajstić information content (AvgIpc) is 2.41. The fourth-order valence-corrected chi connectivity index (χ4v) is 2.48. The number of sulfonamides is 1. The van der Waals surface area contributed by atoms with Gasteiger partial charge in [0.2, 0.25) is 5.95 Å². The summed E-state index contributed by atoms with van der Waals surface area (Å²) < 4.78 is 52.7. The van der Waals surface area contributed by atoms with Gasteiger partial charge in [-0.25, -0.2) is 36.7 Å². The Balaban J connectivity index is 2.52. The number of aromatic nitrogens is 2. The van der Waals surface area contributed by atoms with Gasteiger partial charge >= 0.3 is 5.97 Å². The minimum atomic E-state index is -4.58. The summed E-state index contributed by atoms with van der Waals surface area (Å²) in [5, 5.41) is 8.75. The third kappa shape index (κ3) is 3.11. The third-order valence-electron chi connectivity index (χ3n) is 2.32. The lowest BCUT2D eigenvalue weighted by Gasteiger charge is -2.08. The number of aromatic carboxylic acids is 1. The Labute approximate surface area is 117 Å². The van der Waals surface area contributed by atoms with Crippen molar-refractivity contribution in [3.05, 3.63) is 47.8 Å². The predicted molar refractivity (Wildman–Crippen MR) is 66.2 cm³/mol. The van der Waals surface area contributed by atoms with E-state index in [1.807, 2.05) is 4.72 Å². The summed E-state index contributed by atoms with van der Waals surface area (Å²) in [5.41, 5.74) is -0.705. The van der Waals surface area contributed by atoms with Crippen LogP contribution >= 0.6 is 0 Å². The van der Waals surface area contributed by atoms with Gasteiger partial charge in [0.1, 0.15) is 4.90 Å². The Morgan fingerprint density at radius 1 is 1.19 bits per heavy atom. The van der Waals surface area contributed by atoms with E-state index in [2.05, 4.69) is 9.97 Å². The standard InChI is InChI=1S/C11H7F2N3O4S/c12-7-4-6(10(17)18)5-8(9(7)13)21(19,20)16-11-14-2-1-3-15-11/h1-5H,(H,17,18)(H,14,15,16). The first-order valence-electron chi connectivity index (χ1n) is 5.33. The number of carboxylic acids is 1. The second-order valence-electron chi connectivity index (χ2n) is 3.75. The van der Waals surface area contributed by atoms with E-state index in [0.29, 0.717) is 12.1 Å². The highest BCUT2D eigenvalue weighted by Crippen LogP contribution is 2.21. The number of anilines is 1. The fraction of sp³-hybridized carbons (Fsp3) is 0. The molecule has 0 aliphatic heterocycles. The lowest BCUT2D eigenvalue weighted by Crippen LogP contribution is -2.18. The number of rotatable bonds is 4. The lowest BCUT2D eigenvalue weighted by molar-refractivity contribution is 0.0696. The Kier molecular flexibility index (Phi) is 3.80. The molecule has 0 bridgehead atoms. The Morgan fingerprint density at radius 2 is 1.81 bits per heavy atom. The molecule has 0 unspecified atom stereocenters. The molecule has 1 aromatic heterocycles. The van der Waals surface area contributed by atoms with Crippen LogP contribution in [-0.4, -0.2) is 29.5 Å². The van der Waals surface area contributed by atoms with Crippen LogP contribution in [0.1, 0.15) is 10.4 Å². The molecule has 10 heteroatoms. The van der Waals surface area contributed by atoms with Crippen molar-refractivity contribution in [1.82, 2.24) is 9.97 Å². The number of nitrogens with zero attached hydrogens (tertiary/aromatic N) is 2. The Hall–Kier alpha value is -2.62. The molecule has 0 spiro atoms. The monoisotopic (exact) mass is 315 g/mol. The van der Waals surface area contributed by atoms with Gasteiger partial charge in [-0.1, -0.05) is 0 Å². The first kappa shape index (κ1) is 14.8. The number of halogens is 2. The largest absolute Gasteiger partial charge is 0.478 e. The highest BCUT2D eigenvalue weighted by atomic mass is 32.2. The van der Waals surface area contributed by atoms with Crippen LogP contribution in [0.25, 0.3) is 0 Å². The van der Waals surface area contributed by atoms with Crippen LogP contribution in [0, 0.1) is 11.6 Å². The van der Waals surface area contributed by atoms with Crippen LogP contribution < -0.4 is 4.72 Å². The Morgan fingerprint density at radius 3 is 2.38 bits per heavy atom. The maximum Gasteiger partial charge on any atom is 0.335 e. The van der Waals surface area contributed by atoms with Crippen LogP contribution in [0.2, 0.25) is 0 Å². The topological polar surface area (TPSA) is 109 Å². The molecule has 0 saturated heterocycles. The summed E-state index contributed by atoms with van der Waals surface area (Å²) in [6, 6.07) is 2.31. The quantitative estimate of drug-likeness (QED) is 0.879. The first-order chi connectivity index (χ1) is 9.81. The van der Waals surface area contributed by atoms with Crippen molar-refractivity contribution in [3.8, 4) is 0 Å². The van der Waals surface area contributed by atoms with Crippen molar-refractivity contribution in [1.29, 1.82) is 0 Å². The van der Waals surface area contributed by atoms with E-state index < -0.39 is 38.1 Å². The molecular weight excluding hydrogens is 308 g/mol. The van der Waals surface area contributed by atoms with Crippen molar-refractivity contribution in [2.75, 3.05) is 4.72 Å². The second-order valence-corrected chi connectivity index (χ2v) is 5.40. The summed E-state index contributed by atoms with van der Waals surface area (Å²) in [6.07, 6.45) is 2.46. The lowest BCUT2D eigenvalue weighted by atomic mass is 10.2. The van der Waals surface area contributed by atoms with Gasteiger partial charge < -0.3 is 5.11 Å². The van der Waals surface area contributed by atoms with Crippen LogP contribution in [-0.2, 0) is 10.0 Å². The summed E-state index contributed by atoms with van der Waals surface area (Å²) in [7, 11) is -4.58. The normalized spacial score (nSPS) is 11.1.